The maximum atomic E-state index is 12.9. The van der Waals surface area contributed by atoms with E-state index >= 15 is 0 Å². The molecule has 1 aliphatic heterocycles. The van der Waals surface area contributed by atoms with Gasteiger partial charge in [-0.05, 0) is 35.2 Å². The van der Waals surface area contributed by atoms with Crippen LogP contribution in [0.15, 0.2) is 42.5 Å². The molecule has 0 saturated carbocycles. The van der Waals surface area contributed by atoms with E-state index in [-0.39, 0.29) is 36.0 Å². The fourth-order valence-corrected chi connectivity index (χ4v) is 3.60. The average molecular weight is 396 g/mol. The van der Waals surface area contributed by atoms with Gasteiger partial charge < -0.3 is 15.4 Å². The van der Waals surface area contributed by atoms with Crippen LogP contribution < -0.4 is 10.6 Å². The maximum absolute atomic E-state index is 12.9. The molecule has 6 heteroatoms. The first-order valence-electron chi connectivity index (χ1n) is 10.1. The molecule has 1 heterocycles. The summed E-state index contributed by atoms with van der Waals surface area (Å²) in [5, 5.41) is 7.70. The van der Waals surface area contributed by atoms with Gasteiger partial charge in [0.1, 0.15) is 12.6 Å². The van der Waals surface area contributed by atoms with Crippen LogP contribution in [0.1, 0.15) is 37.6 Å². The Kier molecular flexibility index (Phi) is 6.64. The van der Waals surface area contributed by atoms with Crippen molar-refractivity contribution in [1.29, 1.82) is 0 Å². The Morgan fingerprint density at radius 2 is 1.86 bits per heavy atom. The lowest BCUT2D eigenvalue weighted by Gasteiger charge is -2.30. The van der Waals surface area contributed by atoms with Crippen LogP contribution in [0, 0.1) is 11.8 Å². The number of benzene rings is 2. The molecule has 3 atom stereocenters. The molecular formula is C23H28N2O4. The molecule has 0 unspecified atom stereocenters. The van der Waals surface area contributed by atoms with Crippen LogP contribution in [0.5, 0.6) is 0 Å². The number of ether oxygens (including phenoxy) is 1. The Hall–Kier alpha value is -2.73. The second-order valence-electron chi connectivity index (χ2n) is 8.16. The molecule has 29 heavy (non-hydrogen) atoms. The highest BCUT2D eigenvalue weighted by Gasteiger charge is 2.33. The molecule has 0 bridgehead atoms. The van der Waals surface area contributed by atoms with Gasteiger partial charge in [0.25, 0.3) is 5.91 Å². The lowest BCUT2D eigenvalue weighted by Crippen LogP contribution is -2.56. The van der Waals surface area contributed by atoms with Gasteiger partial charge in [-0.3, -0.25) is 14.4 Å². The fraction of sp³-hybridized carbons (Fsp3) is 0.435. The highest BCUT2D eigenvalue weighted by atomic mass is 16.5. The van der Waals surface area contributed by atoms with Crippen LogP contribution in [0.2, 0.25) is 0 Å². The number of carbonyl (C=O) groups excluding carboxylic acids is 3. The molecule has 2 aromatic rings. The van der Waals surface area contributed by atoms with Crippen LogP contribution >= 0.6 is 0 Å². The molecule has 2 amide bonds. The Bertz CT molecular complexity index is 909. The molecule has 0 spiro atoms. The molecule has 2 N–H and O–H groups in total. The van der Waals surface area contributed by atoms with E-state index < -0.39 is 12.1 Å². The number of nitrogens with one attached hydrogen (secondary N) is 2. The monoisotopic (exact) mass is 396 g/mol. The predicted octanol–water partition coefficient (Wildman–Crippen LogP) is 2.70. The van der Waals surface area contributed by atoms with Gasteiger partial charge in [0.2, 0.25) is 5.91 Å². The fourth-order valence-electron chi connectivity index (χ4n) is 3.60. The number of amides is 2. The zero-order chi connectivity index (χ0) is 21.0. The Balaban J connectivity index is 1.74. The standard InChI is InChI=1S/C23H28N2O4/c1-14(2)10-19(23(28)25-21-15(3)12-29-13-20(21)26)24-22(27)18-9-8-16-6-4-5-7-17(16)11-18/h4-9,11,14-15,19,21H,10,12-13H2,1-3H3,(H,24,27)(H,25,28)/t15-,19-,21-/m0/s1. The maximum Gasteiger partial charge on any atom is 0.251 e. The summed E-state index contributed by atoms with van der Waals surface area (Å²) in [4.78, 5) is 37.9. The Labute approximate surface area is 171 Å². The van der Waals surface area contributed by atoms with E-state index in [0.717, 1.165) is 10.8 Å². The normalized spacial score (nSPS) is 20.5. The van der Waals surface area contributed by atoms with Crippen LogP contribution in [0.3, 0.4) is 0 Å². The largest absolute Gasteiger partial charge is 0.373 e. The number of hydrogen-bond donors (Lipinski definition) is 2. The summed E-state index contributed by atoms with van der Waals surface area (Å²) in [7, 11) is 0. The summed E-state index contributed by atoms with van der Waals surface area (Å²) in [6, 6.07) is 12.0. The van der Waals surface area contributed by atoms with Gasteiger partial charge in [0.05, 0.1) is 12.6 Å². The number of hydrogen-bond acceptors (Lipinski definition) is 4. The van der Waals surface area contributed by atoms with Gasteiger partial charge in [-0.2, -0.15) is 0 Å². The Morgan fingerprint density at radius 3 is 2.55 bits per heavy atom. The quantitative estimate of drug-likeness (QED) is 0.786. The average Bonchev–Trinajstić information content (AvgIpc) is 2.69. The summed E-state index contributed by atoms with van der Waals surface area (Å²) in [5.74, 6) is -0.675. The molecule has 3 rings (SSSR count). The molecule has 1 fully saturated rings. The van der Waals surface area contributed by atoms with Crippen LogP contribution in [-0.4, -0.2) is 42.9 Å². The highest BCUT2D eigenvalue weighted by molar-refractivity contribution is 6.01. The number of carbonyl (C=O) groups is 3. The zero-order valence-electron chi connectivity index (χ0n) is 17.1. The second-order valence-corrected chi connectivity index (χ2v) is 8.16. The summed E-state index contributed by atoms with van der Waals surface area (Å²) in [5.41, 5.74) is 0.501. The number of Topliss-reactive ketones (excluding diaryl/α,β-unsaturated/α-hetero) is 1. The van der Waals surface area contributed by atoms with Gasteiger partial charge in [-0.15, -0.1) is 0 Å². The van der Waals surface area contributed by atoms with Crippen molar-refractivity contribution in [2.45, 2.75) is 39.3 Å². The highest BCUT2D eigenvalue weighted by Crippen LogP contribution is 2.17. The van der Waals surface area contributed by atoms with E-state index in [0.29, 0.717) is 18.6 Å². The van der Waals surface area contributed by atoms with Gasteiger partial charge in [-0.1, -0.05) is 51.1 Å². The molecule has 0 aliphatic carbocycles. The number of ketones is 1. The van der Waals surface area contributed by atoms with Gasteiger partial charge >= 0.3 is 0 Å². The molecule has 0 radical (unpaired) electrons. The Morgan fingerprint density at radius 1 is 1.14 bits per heavy atom. The minimum absolute atomic E-state index is 0.00752. The van der Waals surface area contributed by atoms with Gasteiger partial charge in [0, 0.05) is 11.5 Å². The minimum atomic E-state index is -0.711. The van der Waals surface area contributed by atoms with E-state index in [1.807, 2.05) is 57.2 Å². The van der Waals surface area contributed by atoms with Crippen molar-refractivity contribution in [2.75, 3.05) is 13.2 Å². The molecule has 1 aliphatic rings. The van der Waals surface area contributed by atoms with E-state index in [9.17, 15) is 14.4 Å². The summed E-state index contributed by atoms with van der Waals surface area (Å²) in [6.45, 7) is 6.28. The van der Waals surface area contributed by atoms with E-state index in [1.54, 1.807) is 6.07 Å². The lowest BCUT2D eigenvalue weighted by atomic mass is 9.95. The third-order valence-electron chi connectivity index (χ3n) is 5.18. The van der Waals surface area contributed by atoms with Crippen molar-refractivity contribution in [2.24, 2.45) is 11.8 Å². The van der Waals surface area contributed by atoms with Gasteiger partial charge in [-0.25, -0.2) is 0 Å². The SMILES string of the molecule is CC(C)C[C@H](NC(=O)c1ccc2ccccc2c1)C(=O)N[C@@H]1C(=O)COC[C@@H]1C. The molecule has 1 saturated heterocycles. The van der Waals surface area contributed by atoms with Crippen molar-refractivity contribution >= 4 is 28.4 Å². The predicted molar refractivity (Wildman–Crippen MR) is 112 cm³/mol. The van der Waals surface area contributed by atoms with E-state index in [1.165, 1.54) is 0 Å². The van der Waals surface area contributed by atoms with E-state index in [4.69, 9.17) is 4.74 Å². The molecule has 154 valence electrons. The topological polar surface area (TPSA) is 84.5 Å². The molecular weight excluding hydrogens is 368 g/mol. The van der Waals surface area contributed by atoms with Crippen molar-refractivity contribution in [1.82, 2.24) is 10.6 Å². The van der Waals surface area contributed by atoms with Crippen molar-refractivity contribution in [3.63, 3.8) is 0 Å². The van der Waals surface area contributed by atoms with E-state index in [2.05, 4.69) is 10.6 Å². The summed E-state index contributed by atoms with van der Waals surface area (Å²) < 4.78 is 5.22. The van der Waals surface area contributed by atoms with Crippen LogP contribution in [0.25, 0.3) is 10.8 Å². The van der Waals surface area contributed by atoms with Crippen molar-refractivity contribution in [3.05, 3.63) is 48.0 Å². The first kappa shape index (κ1) is 21.0. The first-order chi connectivity index (χ1) is 13.8. The number of rotatable bonds is 6. The molecule has 2 aromatic carbocycles. The van der Waals surface area contributed by atoms with Gasteiger partial charge in [0.15, 0.2) is 5.78 Å². The summed E-state index contributed by atoms with van der Waals surface area (Å²) >= 11 is 0. The smallest absolute Gasteiger partial charge is 0.251 e. The number of fused-ring (bicyclic) bond motifs is 1. The molecule has 6 nitrogen and oxygen atoms in total. The lowest BCUT2D eigenvalue weighted by molar-refractivity contribution is -0.137. The van der Waals surface area contributed by atoms with Crippen LogP contribution in [0.4, 0.5) is 0 Å². The molecule has 0 aromatic heterocycles. The van der Waals surface area contributed by atoms with Crippen LogP contribution in [-0.2, 0) is 14.3 Å². The zero-order valence-corrected chi connectivity index (χ0v) is 17.1. The van der Waals surface area contributed by atoms with Crippen molar-refractivity contribution < 1.29 is 19.1 Å². The third-order valence-corrected chi connectivity index (χ3v) is 5.18. The second kappa shape index (κ2) is 9.18. The minimum Gasteiger partial charge on any atom is -0.373 e. The van der Waals surface area contributed by atoms with Crippen molar-refractivity contribution in [3.8, 4) is 0 Å². The summed E-state index contributed by atoms with van der Waals surface area (Å²) in [6.07, 6.45) is 0.483. The first-order valence-corrected chi connectivity index (χ1v) is 10.1. The third kappa shape index (κ3) is 5.21.